The van der Waals surface area contributed by atoms with Gasteiger partial charge in [0.25, 0.3) is 5.69 Å². The van der Waals surface area contributed by atoms with Crippen molar-refractivity contribution < 1.29 is 10.0 Å². The Morgan fingerprint density at radius 3 is 2.53 bits per heavy atom. The van der Waals surface area contributed by atoms with Crippen LogP contribution in [0.3, 0.4) is 0 Å². The molecule has 1 aliphatic carbocycles. The molecular formula is C14H20N2O3. The van der Waals surface area contributed by atoms with Gasteiger partial charge in [-0.25, -0.2) is 0 Å². The number of nitrogens with two attached hydrogens (primary N) is 1. The Hall–Kier alpha value is -1.46. The SMILES string of the molecule is NC[C@H](c1ccccc1[N+](=O)[O-])C1(CO)CCCC1. The minimum atomic E-state index is -0.363. The summed E-state index contributed by atoms with van der Waals surface area (Å²) >= 11 is 0. The van der Waals surface area contributed by atoms with Gasteiger partial charge < -0.3 is 10.8 Å². The van der Waals surface area contributed by atoms with E-state index in [9.17, 15) is 15.2 Å². The fourth-order valence-corrected chi connectivity index (χ4v) is 3.35. The Labute approximate surface area is 112 Å². The predicted molar refractivity (Wildman–Crippen MR) is 72.9 cm³/mol. The number of benzene rings is 1. The van der Waals surface area contributed by atoms with Crippen LogP contribution in [0.15, 0.2) is 24.3 Å². The average Bonchev–Trinajstić information content (AvgIpc) is 2.90. The molecule has 1 atom stereocenters. The molecule has 0 radical (unpaired) electrons. The van der Waals surface area contributed by atoms with Crippen molar-refractivity contribution >= 4 is 5.69 Å². The zero-order chi connectivity index (χ0) is 13.9. The zero-order valence-electron chi connectivity index (χ0n) is 10.9. The summed E-state index contributed by atoms with van der Waals surface area (Å²) in [6.07, 6.45) is 3.88. The summed E-state index contributed by atoms with van der Waals surface area (Å²) in [5.74, 6) is -0.151. The molecule has 2 rings (SSSR count). The van der Waals surface area contributed by atoms with Crippen LogP contribution in [0.2, 0.25) is 0 Å². The molecule has 0 aromatic heterocycles. The normalized spacial score (nSPS) is 19.3. The second-order valence-electron chi connectivity index (χ2n) is 5.33. The summed E-state index contributed by atoms with van der Waals surface area (Å²) in [7, 11) is 0. The van der Waals surface area contributed by atoms with E-state index in [4.69, 9.17) is 5.73 Å². The van der Waals surface area contributed by atoms with Crippen LogP contribution in [0, 0.1) is 15.5 Å². The number of para-hydroxylation sites is 1. The molecule has 1 aliphatic rings. The molecule has 0 saturated heterocycles. The Bertz CT molecular complexity index is 456. The van der Waals surface area contributed by atoms with Crippen molar-refractivity contribution in [1.82, 2.24) is 0 Å². The van der Waals surface area contributed by atoms with E-state index in [0.717, 1.165) is 25.7 Å². The van der Waals surface area contributed by atoms with E-state index in [1.807, 2.05) is 0 Å². The molecule has 0 spiro atoms. The third-order valence-corrected chi connectivity index (χ3v) is 4.40. The second kappa shape index (κ2) is 5.67. The molecule has 1 saturated carbocycles. The van der Waals surface area contributed by atoms with E-state index in [-0.39, 0.29) is 28.6 Å². The van der Waals surface area contributed by atoms with E-state index >= 15 is 0 Å². The monoisotopic (exact) mass is 264 g/mol. The topological polar surface area (TPSA) is 89.4 Å². The molecule has 5 heteroatoms. The maximum Gasteiger partial charge on any atom is 0.272 e. The molecule has 3 N–H and O–H groups in total. The molecule has 0 aliphatic heterocycles. The van der Waals surface area contributed by atoms with Gasteiger partial charge in [0, 0.05) is 36.1 Å². The van der Waals surface area contributed by atoms with E-state index in [1.165, 1.54) is 6.07 Å². The molecule has 19 heavy (non-hydrogen) atoms. The highest BCUT2D eigenvalue weighted by Crippen LogP contribution is 2.49. The number of nitrogens with zero attached hydrogens (tertiary/aromatic N) is 1. The van der Waals surface area contributed by atoms with Gasteiger partial charge in [-0.15, -0.1) is 0 Å². The van der Waals surface area contributed by atoms with Gasteiger partial charge in [0.15, 0.2) is 0 Å². The lowest BCUT2D eigenvalue weighted by molar-refractivity contribution is -0.385. The predicted octanol–water partition coefficient (Wildman–Crippen LogP) is 2.19. The molecule has 0 unspecified atom stereocenters. The van der Waals surface area contributed by atoms with Crippen molar-refractivity contribution in [1.29, 1.82) is 0 Å². The van der Waals surface area contributed by atoms with Crippen molar-refractivity contribution in [2.75, 3.05) is 13.2 Å². The Balaban J connectivity index is 2.44. The summed E-state index contributed by atoms with van der Waals surface area (Å²) in [6.45, 7) is 0.367. The fraction of sp³-hybridized carbons (Fsp3) is 0.571. The van der Waals surface area contributed by atoms with E-state index in [2.05, 4.69) is 0 Å². The van der Waals surface area contributed by atoms with Crippen molar-refractivity contribution in [3.8, 4) is 0 Å². The highest BCUT2D eigenvalue weighted by molar-refractivity contribution is 5.43. The first-order valence-electron chi connectivity index (χ1n) is 6.69. The number of hydrogen-bond acceptors (Lipinski definition) is 4. The lowest BCUT2D eigenvalue weighted by atomic mass is 9.71. The standard InChI is InChI=1S/C14H20N2O3/c15-9-12(14(10-17)7-3-4-8-14)11-5-1-2-6-13(11)16(18)19/h1-2,5-6,12,17H,3-4,7-10,15H2/t12-/m1/s1. The first kappa shape index (κ1) is 14.0. The highest BCUT2D eigenvalue weighted by Gasteiger charge is 2.42. The van der Waals surface area contributed by atoms with Gasteiger partial charge in [-0.2, -0.15) is 0 Å². The fourth-order valence-electron chi connectivity index (χ4n) is 3.35. The second-order valence-corrected chi connectivity index (χ2v) is 5.33. The molecular weight excluding hydrogens is 244 g/mol. The molecule has 1 aromatic rings. The summed E-state index contributed by atoms with van der Waals surface area (Å²) < 4.78 is 0. The Morgan fingerprint density at radius 2 is 2.00 bits per heavy atom. The number of hydrogen-bond donors (Lipinski definition) is 2. The molecule has 0 bridgehead atoms. The van der Waals surface area contributed by atoms with Crippen molar-refractivity contribution in [3.63, 3.8) is 0 Å². The number of aliphatic hydroxyl groups is 1. The van der Waals surface area contributed by atoms with Crippen LogP contribution in [-0.2, 0) is 0 Å². The van der Waals surface area contributed by atoms with E-state index < -0.39 is 0 Å². The number of rotatable bonds is 5. The average molecular weight is 264 g/mol. The lowest BCUT2D eigenvalue weighted by Gasteiger charge is -2.35. The minimum Gasteiger partial charge on any atom is -0.396 e. The smallest absolute Gasteiger partial charge is 0.272 e. The van der Waals surface area contributed by atoms with Crippen LogP contribution in [0.5, 0.6) is 0 Å². The van der Waals surface area contributed by atoms with Gasteiger partial charge in [-0.1, -0.05) is 31.0 Å². The first-order valence-corrected chi connectivity index (χ1v) is 6.69. The van der Waals surface area contributed by atoms with Gasteiger partial charge in [0.1, 0.15) is 0 Å². The van der Waals surface area contributed by atoms with Crippen LogP contribution in [-0.4, -0.2) is 23.2 Å². The van der Waals surface area contributed by atoms with Gasteiger partial charge in [-0.3, -0.25) is 10.1 Å². The lowest BCUT2D eigenvalue weighted by Crippen LogP contribution is -2.35. The molecule has 104 valence electrons. The summed E-state index contributed by atoms with van der Waals surface area (Å²) in [6, 6.07) is 6.74. The van der Waals surface area contributed by atoms with Gasteiger partial charge in [-0.05, 0) is 12.8 Å². The first-order chi connectivity index (χ1) is 9.14. The molecule has 1 aromatic carbocycles. The third kappa shape index (κ3) is 2.48. The maximum absolute atomic E-state index is 11.2. The number of nitro benzene ring substituents is 1. The van der Waals surface area contributed by atoms with E-state index in [1.54, 1.807) is 18.2 Å². The van der Waals surface area contributed by atoms with Crippen LogP contribution in [0.1, 0.15) is 37.2 Å². The van der Waals surface area contributed by atoms with Crippen molar-refractivity contribution in [2.24, 2.45) is 11.1 Å². The van der Waals surface area contributed by atoms with E-state index in [0.29, 0.717) is 12.1 Å². The largest absolute Gasteiger partial charge is 0.396 e. The van der Waals surface area contributed by atoms with Crippen LogP contribution >= 0.6 is 0 Å². The van der Waals surface area contributed by atoms with Gasteiger partial charge in [0.2, 0.25) is 0 Å². The van der Waals surface area contributed by atoms with Crippen LogP contribution < -0.4 is 5.73 Å². The Morgan fingerprint density at radius 1 is 1.37 bits per heavy atom. The van der Waals surface area contributed by atoms with Crippen molar-refractivity contribution in [2.45, 2.75) is 31.6 Å². The van der Waals surface area contributed by atoms with Crippen LogP contribution in [0.4, 0.5) is 5.69 Å². The van der Waals surface area contributed by atoms with Crippen LogP contribution in [0.25, 0.3) is 0 Å². The van der Waals surface area contributed by atoms with Crippen molar-refractivity contribution in [3.05, 3.63) is 39.9 Å². The molecule has 1 fully saturated rings. The number of aliphatic hydroxyl groups excluding tert-OH is 1. The van der Waals surface area contributed by atoms with Gasteiger partial charge in [0.05, 0.1) is 4.92 Å². The molecule has 0 heterocycles. The third-order valence-electron chi connectivity index (χ3n) is 4.40. The quantitative estimate of drug-likeness (QED) is 0.630. The molecule has 5 nitrogen and oxygen atoms in total. The number of nitro groups is 1. The summed E-state index contributed by atoms with van der Waals surface area (Å²) in [5, 5.41) is 20.9. The van der Waals surface area contributed by atoms with Gasteiger partial charge >= 0.3 is 0 Å². The Kier molecular flexibility index (Phi) is 4.17. The molecule has 0 amide bonds. The summed E-state index contributed by atoms with van der Waals surface area (Å²) in [5.41, 5.74) is 6.36. The summed E-state index contributed by atoms with van der Waals surface area (Å²) in [4.78, 5) is 10.8. The highest BCUT2D eigenvalue weighted by atomic mass is 16.6. The maximum atomic E-state index is 11.2. The minimum absolute atomic E-state index is 0.0426. The zero-order valence-corrected chi connectivity index (χ0v) is 10.9.